The zero-order valence-corrected chi connectivity index (χ0v) is 61.4. The molecule has 548 valence electrons. The highest BCUT2D eigenvalue weighted by atomic mass is 32.2. The first-order chi connectivity index (χ1) is 47.5. The van der Waals surface area contributed by atoms with Crippen LogP contribution in [0.15, 0.2) is 154 Å². The number of fused-ring (bicyclic) bond motifs is 3. The van der Waals surface area contributed by atoms with Gasteiger partial charge in [0, 0.05) is 11.8 Å². The SMILES string of the molecule is CCC(C)(C)C(=O)OC(C)C(F)(F)S(=O)(=O)[O-].CCC(C)(C)C(=O)OC1C2CC3C(=O)OC1C3O2.CCC(C)(C)C(=O)OC1C2CC3C1OC(=O)C3C2C(=O)OC1CCCCc2ccccc21.CCC(C)(C)C(=O)Oc1ccc(O)cc1.c1ccc([S+](c2ccccc2)c2ccccc2)cc1. The van der Waals surface area contributed by atoms with E-state index < -0.39 is 85.4 Å². The van der Waals surface area contributed by atoms with Crippen molar-refractivity contribution in [2.45, 2.75) is 223 Å². The lowest BCUT2D eigenvalue weighted by molar-refractivity contribution is -0.175. The summed E-state index contributed by atoms with van der Waals surface area (Å²) in [6.45, 7) is 22.2. The number of alkyl halides is 2. The number of carbonyl (C=O) groups excluding carboxylic acids is 7. The van der Waals surface area contributed by atoms with E-state index in [0.29, 0.717) is 44.8 Å². The van der Waals surface area contributed by atoms with Crippen molar-refractivity contribution < 1.29 is 98.3 Å². The van der Waals surface area contributed by atoms with Crippen molar-refractivity contribution in [3.8, 4) is 11.5 Å². The van der Waals surface area contributed by atoms with Crippen molar-refractivity contribution >= 4 is 62.8 Å². The number of phenolic OH excluding ortho intramolecular Hbond substituents is 1. The van der Waals surface area contributed by atoms with E-state index in [-0.39, 0.29) is 88.5 Å². The molecule has 13 atom stereocenters. The van der Waals surface area contributed by atoms with Crippen molar-refractivity contribution in [1.29, 1.82) is 0 Å². The number of benzene rings is 5. The van der Waals surface area contributed by atoms with E-state index in [1.54, 1.807) is 19.1 Å². The molecule has 5 aromatic rings. The van der Waals surface area contributed by atoms with Crippen LogP contribution in [-0.4, -0.2) is 108 Å². The summed E-state index contributed by atoms with van der Waals surface area (Å²) in [5.41, 5.74) is -0.325. The predicted octanol–water partition coefficient (Wildman–Crippen LogP) is 14.2. The number of esters is 7. The van der Waals surface area contributed by atoms with Gasteiger partial charge >= 0.3 is 47.0 Å². The van der Waals surface area contributed by atoms with Gasteiger partial charge in [-0.3, -0.25) is 33.6 Å². The van der Waals surface area contributed by atoms with Crippen LogP contribution in [0.25, 0.3) is 0 Å². The molecule has 4 heterocycles. The van der Waals surface area contributed by atoms with Gasteiger partial charge in [-0.05, 0) is 198 Å². The Morgan fingerprint density at radius 1 is 0.584 bits per heavy atom. The highest BCUT2D eigenvalue weighted by molar-refractivity contribution is 7.97. The third-order valence-electron chi connectivity index (χ3n) is 20.7. The molecular formula is C78H96F2O19S2. The minimum atomic E-state index is -5.86. The fraction of sp³-hybridized carbons (Fsp3) is 0.526. The largest absolute Gasteiger partial charge is 0.743 e. The Balaban J connectivity index is 0.000000166. The smallest absolute Gasteiger partial charge is 0.369 e. The Morgan fingerprint density at radius 2 is 1.06 bits per heavy atom. The quantitative estimate of drug-likeness (QED) is 0.0201. The Labute approximate surface area is 594 Å². The molecule has 6 fully saturated rings. The minimum Gasteiger partial charge on any atom is -0.743 e. The molecule has 13 unspecified atom stereocenters. The van der Waals surface area contributed by atoms with Crippen LogP contribution in [-0.2, 0) is 94.2 Å². The standard InChI is InChI=1S/C26H32O6.C18H15S.C13H18O5.C12H16O3.C9H16F2O5S/c1-4-26(2,3)25(29)32-22-17-13-16-20(24(28)31-21(16)22)19(17)23(27)30-18-12-8-6-10-14-9-5-7-11-15(14)18;1-4-10-16(11-5-1)19(17-12-6-2-7-13-17)18-14-8-3-9-15-18;1-4-13(2,3)12(15)18-9-7-5-6-8(16-7)10(9)17-11(6)14;1-4-12(2,3)11(14)15-10-7-5-9(13)6-8-10;1-5-8(3,4)7(12)16-6(2)9(10,11)17(13,14)15/h5,7,9,11,16-22H,4,6,8,10,12-13H2,1-3H3;1-15H;6-10H,4-5H2,1-3H3;5-8,13H,4H2,1-3H3;6H,5H2,1-4H3,(H,13,14,15)/q;+1;;;/p-1. The topological polar surface area (TPSA) is 271 Å². The lowest BCUT2D eigenvalue weighted by Crippen LogP contribution is -2.45. The van der Waals surface area contributed by atoms with Gasteiger partial charge in [-0.15, -0.1) is 0 Å². The second-order valence-corrected chi connectivity index (χ2v) is 32.6. The predicted molar refractivity (Wildman–Crippen MR) is 369 cm³/mol. The van der Waals surface area contributed by atoms with E-state index in [4.69, 9.17) is 38.3 Å². The van der Waals surface area contributed by atoms with Crippen LogP contribution in [0.3, 0.4) is 0 Å². The van der Waals surface area contributed by atoms with Crippen molar-refractivity contribution in [3.05, 3.63) is 151 Å². The molecule has 4 aliphatic heterocycles. The molecule has 4 saturated heterocycles. The van der Waals surface area contributed by atoms with Crippen LogP contribution in [0, 0.1) is 51.2 Å². The molecule has 19 nitrogen and oxygen atoms in total. The maximum atomic E-state index is 13.5. The molecule has 7 aliphatic rings. The summed E-state index contributed by atoms with van der Waals surface area (Å²) in [6.07, 6.45) is 2.71. The zero-order chi connectivity index (χ0) is 74.2. The fourth-order valence-electron chi connectivity index (χ4n) is 12.6. The number of hydrogen-bond acceptors (Lipinski definition) is 19. The highest BCUT2D eigenvalue weighted by Crippen LogP contribution is 2.60. The second kappa shape index (κ2) is 32.7. The van der Waals surface area contributed by atoms with Gasteiger partial charge in [-0.1, -0.05) is 107 Å². The van der Waals surface area contributed by atoms with E-state index in [9.17, 15) is 55.3 Å². The molecule has 101 heavy (non-hydrogen) atoms. The number of ether oxygens (including phenoxy) is 8. The lowest BCUT2D eigenvalue weighted by Gasteiger charge is -2.33. The van der Waals surface area contributed by atoms with Crippen molar-refractivity contribution in [1.82, 2.24) is 0 Å². The first kappa shape index (κ1) is 79.0. The van der Waals surface area contributed by atoms with Gasteiger partial charge in [0.25, 0.3) is 0 Å². The van der Waals surface area contributed by atoms with E-state index in [1.807, 2.05) is 80.5 Å². The monoisotopic (exact) mass is 1440 g/mol. The Morgan fingerprint density at radius 3 is 1.57 bits per heavy atom. The normalized spacial score (nSPS) is 24.7. The summed E-state index contributed by atoms with van der Waals surface area (Å²) in [5, 5.41) is 4.42. The van der Waals surface area contributed by atoms with E-state index >= 15 is 0 Å². The number of carbonyl (C=O) groups is 7. The van der Waals surface area contributed by atoms with Gasteiger partial charge < -0.3 is 47.6 Å². The van der Waals surface area contributed by atoms with E-state index in [0.717, 1.165) is 37.7 Å². The van der Waals surface area contributed by atoms with Crippen LogP contribution in [0.4, 0.5) is 8.78 Å². The molecule has 3 aliphatic carbocycles. The molecular weight excluding hydrogens is 1340 g/mol. The molecule has 1 N–H and O–H groups in total. The number of phenols is 1. The van der Waals surface area contributed by atoms with Crippen molar-refractivity contribution in [3.63, 3.8) is 0 Å². The van der Waals surface area contributed by atoms with Crippen LogP contribution in [0.5, 0.6) is 11.5 Å². The van der Waals surface area contributed by atoms with Gasteiger partial charge in [-0.25, -0.2) is 8.42 Å². The Hall–Kier alpha value is -7.73. The third-order valence-corrected chi connectivity index (χ3v) is 24.0. The highest BCUT2D eigenvalue weighted by Gasteiger charge is 2.71. The van der Waals surface area contributed by atoms with Gasteiger partial charge in [0.2, 0.25) is 0 Å². The molecule has 23 heteroatoms. The van der Waals surface area contributed by atoms with Gasteiger partial charge in [0.1, 0.15) is 35.9 Å². The molecule has 0 aromatic heterocycles. The summed E-state index contributed by atoms with van der Waals surface area (Å²) in [5.74, 6) is -3.60. The lowest BCUT2D eigenvalue weighted by atomic mass is 9.78. The van der Waals surface area contributed by atoms with E-state index in [1.165, 1.54) is 46.2 Å². The summed E-state index contributed by atoms with van der Waals surface area (Å²) >= 11 is 0. The van der Waals surface area contributed by atoms with Crippen molar-refractivity contribution in [2.24, 2.45) is 51.2 Å². The maximum absolute atomic E-state index is 13.5. The summed E-state index contributed by atoms with van der Waals surface area (Å²) in [4.78, 5) is 89.7. The molecule has 2 saturated carbocycles. The summed E-state index contributed by atoms with van der Waals surface area (Å²) in [6, 6.07) is 46.4. The first-order valence-corrected chi connectivity index (χ1v) is 37.4. The zero-order valence-electron chi connectivity index (χ0n) is 59.7. The molecule has 12 rings (SSSR count). The maximum Gasteiger partial charge on any atom is 0.369 e. The van der Waals surface area contributed by atoms with Crippen molar-refractivity contribution in [2.75, 3.05) is 0 Å². The fourth-order valence-corrected chi connectivity index (χ4v) is 15.2. The average Bonchev–Trinajstić information content (AvgIpc) is 1.55. The number of aryl methyl sites for hydroxylation is 1. The minimum absolute atomic E-state index is 0.0146. The van der Waals surface area contributed by atoms with Gasteiger partial charge in [-0.2, -0.15) is 8.78 Å². The first-order valence-electron chi connectivity index (χ1n) is 34.7. The number of halogens is 2. The van der Waals surface area contributed by atoms with Gasteiger partial charge in [0.05, 0.1) is 56.4 Å². The average molecular weight is 1440 g/mol. The molecule has 5 aromatic carbocycles. The number of aromatic hydroxyl groups is 1. The summed E-state index contributed by atoms with van der Waals surface area (Å²) in [7, 11) is -5.87. The summed E-state index contributed by atoms with van der Waals surface area (Å²) < 4.78 is 100. The van der Waals surface area contributed by atoms with Crippen LogP contribution < -0.4 is 4.74 Å². The Bertz CT molecular complexity index is 3720. The molecule has 0 amide bonds. The van der Waals surface area contributed by atoms with Crippen LogP contribution >= 0.6 is 0 Å². The number of rotatable bonds is 19. The molecule has 0 spiro atoms. The molecule has 0 radical (unpaired) electrons. The van der Waals surface area contributed by atoms with E-state index in [2.05, 4.69) is 102 Å². The number of hydrogen-bond donors (Lipinski definition) is 1. The molecule has 4 bridgehead atoms. The third kappa shape index (κ3) is 18.2. The Kier molecular flexibility index (Phi) is 25.6. The second-order valence-electron chi connectivity index (χ2n) is 29.2. The van der Waals surface area contributed by atoms with Gasteiger partial charge in [0.15, 0.2) is 43.1 Å². The van der Waals surface area contributed by atoms with Crippen LogP contribution in [0.2, 0.25) is 0 Å². The van der Waals surface area contributed by atoms with Crippen LogP contribution in [0.1, 0.15) is 165 Å².